The number of aromatic nitrogens is 2. The molecule has 0 bridgehead atoms. The summed E-state index contributed by atoms with van der Waals surface area (Å²) in [5.74, 6) is 0.866. The maximum absolute atomic E-state index is 10.6. The Bertz CT molecular complexity index is 838. The summed E-state index contributed by atoms with van der Waals surface area (Å²) in [4.78, 5) is 5.17. The molecule has 0 saturated heterocycles. The summed E-state index contributed by atoms with van der Waals surface area (Å²) in [5, 5.41) is 11.9. The van der Waals surface area contributed by atoms with Crippen LogP contribution in [0.2, 0.25) is 10.0 Å². The standard InChI is InChI=1S/C20H20Cl2N2OS/c1-14(11-24-9-8-23-13-24)20(25)15-3-6-18(7-4-15)26-12-16-2-5-17(21)10-19(16)22/h2-10,13-14,20,25H,11-12H2,1H3. The molecule has 1 N–H and O–H groups in total. The highest BCUT2D eigenvalue weighted by Gasteiger charge is 2.16. The summed E-state index contributed by atoms with van der Waals surface area (Å²) in [6.45, 7) is 2.77. The summed E-state index contributed by atoms with van der Waals surface area (Å²) in [6.07, 6.45) is 4.91. The van der Waals surface area contributed by atoms with E-state index in [4.69, 9.17) is 23.2 Å². The Kier molecular flexibility index (Phi) is 6.65. The molecule has 0 radical (unpaired) electrons. The zero-order valence-corrected chi connectivity index (χ0v) is 16.7. The van der Waals surface area contributed by atoms with Gasteiger partial charge in [-0.15, -0.1) is 11.8 Å². The molecule has 0 aliphatic carbocycles. The van der Waals surface area contributed by atoms with E-state index in [1.807, 2.05) is 54.1 Å². The summed E-state index contributed by atoms with van der Waals surface area (Å²) in [7, 11) is 0. The molecular weight excluding hydrogens is 387 g/mol. The van der Waals surface area contributed by atoms with E-state index < -0.39 is 6.10 Å². The largest absolute Gasteiger partial charge is 0.388 e. The van der Waals surface area contributed by atoms with Crippen LogP contribution in [0.25, 0.3) is 0 Å². The lowest BCUT2D eigenvalue weighted by molar-refractivity contribution is 0.107. The van der Waals surface area contributed by atoms with Gasteiger partial charge in [-0.2, -0.15) is 0 Å². The molecule has 6 heteroatoms. The second-order valence-corrected chi connectivity index (χ2v) is 8.17. The Morgan fingerprint density at radius 2 is 1.92 bits per heavy atom. The second kappa shape index (κ2) is 8.96. The topological polar surface area (TPSA) is 38.0 Å². The molecule has 0 saturated carbocycles. The fourth-order valence-electron chi connectivity index (χ4n) is 2.72. The molecule has 3 aromatic rings. The summed E-state index contributed by atoms with van der Waals surface area (Å²) >= 11 is 13.9. The van der Waals surface area contributed by atoms with Crippen LogP contribution in [-0.4, -0.2) is 14.7 Å². The van der Waals surface area contributed by atoms with Crippen LogP contribution in [-0.2, 0) is 12.3 Å². The third-order valence-electron chi connectivity index (χ3n) is 4.23. The van der Waals surface area contributed by atoms with E-state index in [1.165, 1.54) is 0 Å². The first-order valence-corrected chi connectivity index (χ1v) is 10.1. The zero-order chi connectivity index (χ0) is 18.5. The smallest absolute Gasteiger partial charge is 0.0946 e. The number of halogens is 2. The molecule has 2 aromatic carbocycles. The quantitative estimate of drug-likeness (QED) is 0.499. The van der Waals surface area contributed by atoms with Crippen molar-refractivity contribution in [2.45, 2.75) is 30.2 Å². The minimum absolute atomic E-state index is 0.0931. The molecule has 0 aliphatic heterocycles. The van der Waals surface area contributed by atoms with Crippen LogP contribution in [0.1, 0.15) is 24.2 Å². The van der Waals surface area contributed by atoms with Crippen molar-refractivity contribution in [1.29, 1.82) is 0 Å². The van der Waals surface area contributed by atoms with Crippen molar-refractivity contribution in [3.8, 4) is 0 Å². The number of thioether (sulfide) groups is 1. The molecule has 0 amide bonds. The highest BCUT2D eigenvalue weighted by Crippen LogP contribution is 2.30. The maximum Gasteiger partial charge on any atom is 0.0946 e. The van der Waals surface area contributed by atoms with Gasteiger partial charge in [-0.05, 0) is 35.4 Å². The van der Waals surface area contributed by atoms with Gasteiger partial charge in [0.05, 0.1) is 12.4 Å². The monoisotopic (exact) mass is 406 g/mol. The van der Waals surface area contributed by atoms with Crippen molar-refractivity contribution in [3.63, 3.8) is 0 Å². The SMILES string of the molecule is CC(Cn1ccnc1)C(O)c1ccc(SCc2ccc(Cl)cc2Cl)cc1. The van der Waals surface area contributed by atoms with Crippen molar-refractivity contribution < 1.29 is 5.11 Å². The van der Waals surface area contributed by atoms with Gasteiger partial charge in [-0.3, -0.25) is 0 Å². The lowest BCUT2D eigenvalue weighted by atomic mass is 9.97. The number of aliphatic hydroxyl groups excluding tert-OH is 1. The second-order valence-electron chi connectivity index (χ2n) is 6.28. The first kappa shape index (κ1) is 19.3. The highest BCUT2D eigenvalue weighted by atomic mass is 35.5. The van der Waals surface area contributed by atoms with Gasteiger partial charge in [0.15, 0.2) is 0 Å². The summed E-state index contributed by atoms with van der Waals surface area (Å²) in [5.41, 5.74) is 1.98. The predicted molar refractivity (Wildman–Crippen MR) is 109 cm³/mol. The average molecular weight is 407 g/mol. The van der Waals surface area contributed by atoms with Crippen LogP contribution < -0.4 is 0 Å². The molecule has 136 valence electrons. The van der Waals surface area contributed by atoms with Gasteiger partial charge in [0.2, 0.25) is 0 Å². The van der Waals surface area contributed by atoms with Gasteiger partial charge >= 0.3 is 0 Å². The number of benzene rings is 2. The fraction of sp³-hybridized carbons (Fsp3) is 0.250. The van der Waals surface area contributed by atoms with Crippen LogP contribution in [0.15, 0.2) is 66.1 Å². The summed E-state index contributed by atoms with van der Waals surface area (Å²) in [6, 6.07) is 13.6. The minimum atomic E-state index is -0.512. The Morgan fingerprint density at radius 3 is 2.58 bits per heavy atom. The van der Waals surface area contributed by atoms with E-state index in [2.05, 4.69) is 4.98 Å². The van der Waals surface area contributed by atoms with E-state index in [9.17, 15) is 5.11 Å². The first-order chi connectivity index (χ1) is 12.5. The lowest BCUT2D eigenvalue weighted by Gasteiger charge is -2.20. The van der Waals surface area contributed by atoms with Gasteiger partial charge < -0.3 is 9.67 Å². The van der Waals surface area contributed by atoms with Crippen molar-refractivity contribution >= 4 is 35.0 Å². The van der Waals surface area contributed by atoms with Crippen LogP contribution in [0.3, 0.4) is 0 Å². The van der Waals surface area contributed by atoms with E-state index in [-0.39, 0.29) is 5.92 Å². The molecule has 2 atom stereocenters. The van der Waals surface area contributed by atoms with Gasteiger partial charge in [-0.1, -0.05) is 48.3 Å². The predicted octanol–water partition coefficient (Wildman–Crippen LogP) is 5.85. The lowest BCUT2D eigenvalue weighted by Crippen LogP contribution is -2.15. The van der Waals surface area contributed by atoms with Gasteiger partial charge in [0, 0.05) is 45.5 Å². The molecule has 0 spiro atoms. The molecule has 26 heavy (non-hydrogen) atoms. The third kappa shape index (κ3) is 5.04. The van der Waals surface area contributed by atoms with E-state index >= 15 is 0 Å². The average Bonchev–Trinajstić information content (AvgIpc) is 3.14. The van der Waals surface area contributed by atoms with Crippen LogP contribution in [0, 0.1) is 5.92 Å². The Balaban J connectivity index is 1.59. The number of rotatable bonds is 7. The number of nitrogens with zero attached hydrogens (tertiary/aromatic N) is 2. The van der Waals surface area contributed by atoms with Crippen molar-refractivity contribution in [1.82, 2.24) is 9.55 Å². The fourth-order valence-corrected chi connectivity index (χ4v) is 4.17. The number of imidazole rings is 1. The van der Waals surface area contributed by atoms with Gasteiger partial charge in [-0.25, -0.2) is 4.98 Å². The molecule has 3 nitrogen and oxygen atoms in total. The number of aliphatic hydroxyl groups is 1. The Hall–Kier alpha value is -1.46. The molecular formula is C20H20Cl2N2OS. The molecule has 0 fully saturated rings. The maximum atomic E-state index is 10.6. The van der Waals surface area contributed by atoms with Gasteiger partial charge in [0.1, 0.15) is 0 Å². The van der Waals surface area contributed by atoms with Crippen molar-refractivity contribution in [2.75, 3.05) is 0 Å². The van der Waals surface area contributed by atoms with Crippen molar-refractivity contribution in [3.05, 3.63) is 82.4 Å². The third-order valence-corrected chi connectivity index (χ3v) is 5.88. The Morgan fingerprint density at radius 1 is 1.15 bits per heavy atom. The van der Waals surface area contributed by atoms with Crippen LogP contribution >= 0.6 is 35.0 Å². The molecule has 2 unspecified atom stereocenters. The molecule has 1 aromatic heterocycles. The first-order valence-electron chi connectivity index (χ1n) is 8.33. The molecule has 3 rings (SSSR count). The van der Waals surface area contributed by atoms with Gasteiger partial charge in [0.25, 0.3) is 0 Å². The molecule has 1 heterocycles. The Labute approximate surface area is 168 Å². The van der Waals surface area contributed by atoms with E-state index in [0.29, 0.717) is 10.0 Å². The van der Waals surface area contributed by atoms with Crippen LogP contribution in [0.4, 0.5) is 0 Å². The van der Waals surface area contributed by atoms with E-state index in [1.54, 1.807) is 30.4 Å². The number of hydrogen-bond acceptors (Lipinski definition) is 3. The summed E-state index contributed by atoms with van der Waals surface area (Å²) < 4.78 is 1.98. The van der Waals surface area contributed by atoms with Crippen LogP contribution in [0.5, 0.6) is 0 Å². The number of hydrogen-bond donors (Lipinski definition) is 1. The molecule has 0 aliphatic rings. The minimum Gasteiger partial charge on any atom is -0.388 e. The van der Waals surface area contributed by atoms with Crippen molar-refractivity contribution in [2.24, 2.45) is 5.92 Å². The highest BCUT2D eigenvalue weighted by molar-refractivity contribution is 7.98. The zero-order valence-electron chi connectivity index (χ0n) is 14.3. The normalized spacial score (nSPS) is 13.5. The van der Waals surface area contributed by atoms with E-state index in [0.717, 1.165) is 28.3 Å².